The molecule has 2 aromatic carbocycles. The van der Waals surface area contributed by atoms with Crippen LogP contribution in [-0.4, -0.2) is 46.0 Å². The highest BCUT2D eigenvalue weighted by Gasteiger charge is 2.19. The van der Waals surface area contributed by atoms with E-state index in [0.29, 0.717) is 48.5 Å². The minimum Gasteiger partial charge on any atom is -0.507 e. The van der Waals surface area contributed by atoms with Crippen LogP contribution in [0.15, 0.2) is 29.2 Å². The van der Waals surface area contributed by atoms with E-state index >= 15 is 0 Å². The zero-order chi connectivity index (χ0) is 27.4. The summed E-state index contributed by atoms with van der Waals surface area (Å²) in [6, 6.07) is 7.27. The molecule has 0 aliphatic heterocycles. The zero-order valence-corrected chi connectivity index (χ0v) is 23.2. The van der Waals surface area contributed by atoms with Crippen molar-refractivity contribution in [3.8, 4) is 17.2 Å². The zero-order valence-electron chi connectivity index (χ0n) is 22.3. The Labute approximate surface area is 224 Å². The summed E-state index contributed by atoms with van der Waals surface area (Å²) in [7, 11) is 0. The van der Waals surface area contributed by atoms with Crippen LogP contribution in [0.3, 0.4) is 0 Å². The number of Topliss-reactive ketones (excluding diaryl/α,β-unsaturated/α-hetero) is 1. The van der Waals surface area contributed by atoms with Crippen LogP contribution in [0.4, 0.5) is 0 Å². The van der Waals surface area contributed by atoms with Crippen molar-refractivity contribution in [2.75, 3.05) is 19.0 Å². The molecule has 8 heteroatoms. The number of hydrogen-bond acceptors (Lipinski definition) is 7. The van der Waals surface area contributed by atoms with Crippen LogP contribution in [0.2, 0.25) is 0 Å². The number of aliphatic carboxylic acids is 1. The van der Waals surface area contributed by atoms with Gasteiger partial charge in [-0.2, -0.15) is 0 Å². The number of aromatic hydroxyl groups is 1. The normalized spacial score (nSPS) is 11.8. The lowest BCUT2D eigenvalue weighted by Gasteiger charge is -2.21. The number of carbonyl (C=O) groups is 2. The summed E-state index contributed by atoms with van der Waals surface area (Å²) in [5, 5.41) is 29.7. The van der Waals surface area contributed by atoms with E-state index in [4.69, 9.17) is 14.6 Å². The monoisotopic (exact) mass is 532 g/mol. The smallest absolute Gasteiger partial charge is 0.303 e. The van der Waals surface area contributed by atoms with Gasteiger partial charge in [0, 0.05) is 33.8 Å². The van der Waals surface area contributed by atoms with Gasteiger partial charge in [0.1, 0.15) is 17.2 Å². The molecule has 0 radical (unpaired) electrons. The molecule has 204 valence electrons. The topological polar surface area (TPSA) is 113 Å². The number of carbonyl (C=O) groups excluding carboxylic acids is 1. The molecule has 0 spiro atoms. The fraction of sp³-hybridized carbons (Fsp3) is 0.517. The molecule has 0 heterocycles. The molecule has 1 atom stereocenters. The molecule has 0 bridgehead atoms. The van der Waals surface area contributed by atoms with Gasteiger partial charge in [0.05, 0.1) is 24.9 Å². The molecule has 7 nitrogen and oxygen atoms in total. The molecule has 1 unspecified atom stereocenters. The molecule has 2 aromatic rings. The third-order valence-electron chi connectivity index (χ3n) is 5.90. The standard InChI is InChI=1S/C29H40O7S/c1-5-9-23-25(14-12-22(20(4)31)29(23)36-16-7-11-27(32)33)35-17-8-18-37-26-15-13-21(19(3)30)28(34)24(26)10-6-2/h12-15,20,31,34H,5-11,16-18H2,1-4H3,(H,32,33). The molecule has 0 amide bonds. The summed E-state index contributed by atoms with van der Waals surface area (Å²) in [4.78, 5) is 23.6. The molecule has 37 heavy (non-hydrogen) atoms. The molecule has 0 aliphatic carbocycles. The minimum atomic E-state index is -0.866. The first-order valence-electron chi connectivity index (χ1n) is 13.0. The van der Waals surface area contributed by atoms with E-state index in [2.05, 4.69) is 6.92 Å². The molecule has 2 rings (SSSR count). The van der Waals surface area contributed by atoms with Crippen LogP contribution in [0, 0.1) is 0 Å². The van der Waals surface area contributed by atoms with E-state index in [1.165, 1.54) is 6.92 Å². The lowest BCUT2D eigenvalue weighted by atomic mass is 10.0. The van der Waals surface area contributed by atoms with Crippen molar-refractivity contribution in [3.05, 3.63) is 46.5 Å². The number of hydrogen-bond donors (Lipinski definition) is 3. The van der Waals surface area contributed by atoms with Gasteiger partial charge in [-0.05, 0) is 63.8 Å². The first-order chi connectivity index (χ1) is 17.7. The molecule has 0 aliphatic rings. The Morgan fingerprint density at radius 3 is 2.27 bits per heavy atom. The molecular weight excluding hydrogens is 492 g/mol. The van der Waals surface area contributed by atoms with Crippen molar-refractivity contribution in [1.82, 2.24) is 0 Å². The van der Waals surface area contributed by atoms with Crippen molar-refractivity contribution in [3.63, 3.8) is 0 Å². The van der Waals surface area contributed by atoms with E-state index in [0.717, 1.165) is 41.0 Å². The van der Waals surface area contributed by atoms with Crippen LogP contribution in [0.5, 0.6) is 17.2 Å². The van der Waals surface area contributed by atoms with E-state index < -0.39 is 12.1 Å². The van der Waals surface area contributed by atoms with Crippen LogP contribution < -0.4 is 9.47 Å². The minimum absolute atomic E-state index is 0.0240. The maximum absolute atomic E-state index is 11.8. The Morgan fingerprint density at radius 1 is 0.973 bits per heavy atom. The van der Waals surface area contributed by atoms with Gasteiger partial charge in [-0.1, -0.05) is 26.7 Å². The highest BCUT2D eigenvalue weighted by Crippen LogP contribution is 2.38. The lowest BCUT2D eigenvalue weighted by molar-refractivity contribution is -0.137. The van der Waals surface area contributed by atoms with Crippen molar-refractivity contribution in [2.45, 2.75) is 83.6 Å². The summed E-state index contributed by atoms with van der Waals surface area (Å²) < 4.78 is 12.1. The lowest BCUT2D eigenvalue weighted by Crippen LogP contribution is -2.09. The van der Waals surface area contributed by atoms with Gasteiger partial charge in [-0.15, -0.1) is 11.8 Å². The van der Waals surface area contributed by atoms with Crippen LogP contribution in [0.1, 0.15) is 93.0 Å². The second-order valence-electron chi connectivity index (χ2n) is 9.03. The summed E-state index contributed by atoms with van der Waals surface area (Å²) >= 11 is 1.64. The second-order valence-corrected chi connectivity index (χ2v) is 10.2. The van der Waals surface area contributed by atoms with Gasteiger partial charge < -0.3 is 24.8 Å². The maximum atomic E-state index is 11.8. The average molecular weight is 533 g/mol. The van der Waals surface area contributed by atoms with E-state index in [-0.39, 0.29) is 24.6 Å². The van der Waals surface area contributed by atoms with E-state index in [1.54, 1.807) is 30.8 Å². The number of carboxylic acid groups (broad SMARTS) is 1. The number of ketones is 1. The Kier molecular flexibility index (Phi) is 12.8. The predicted molar refractivity (Wildman–Crippen MR) is 146 cm³/mol. The Bertz CT molecular complexity index is 1050. The number of benzene rings is 2. The van der Waals surface area contributed by atoms with E-state index in [9.17, 15) is 19.8 Å². The SMILES string of the molecule is CCCc1c(SCCCOc2ccc(C(C)O)c(OCCCC(=O)O)c2CCC)ccc(C(C)=O)c1O. The number of carboxylic acids is 1. The Balaban J connectivity index is 2.08. The highest BCUT2D eigenvalue weighted by atomic mass is 32.2. The largest absolute Gasteiger partial charge is 0.507 e. The second kappa shape index (κ2) is 15.5. The fourth-order valence-electron chi connectivity index (χ4n) is 4.10. The molecule has 0 saturated carbocycles. The van der Waals surface area contributed by atoms with Gasteiger partial charge in [-0.25, -0.2) is 0 Å². The van der Waals surface area contributed by atoms with Gasteiger partial charge in [-0.3, -0.25) is 9.59 Å². The number of aliphatic hydroxyl groups excluding tert-OH is 1. The van der Waals surface area contributed by atoms with Crippen molar-refractivity contribution >= 4 is 23.5 Å². The fourth-order valence-corrected chi connectivity index (χ4v) is 5.12. The summed E-state index contributed by atoms with van der Waals surface area (Å²) in [5.74, 6) is 1.15. The third-order valence-corrected chi connectivity index (χ3v) is 7.09. The number of aliphatic hydroxyl groups is 1. The maximum Gasteiger partial charge on any atom is 0.303 e. The molecule has 0 fully saturated rings. The quantitative estimate of drug-likeness (QED) is 0.123. The Hall–Kier alpha value is -2.71. The molecule has 0 saturated heterocycles. The number of ether oxygens (including phenoxy) is 2. The van der Waals surface area contributed by atoms with Crippen LogP contribution in [-0.2, 0) is 17.6 Å². The van der Waals surface area contributed by atoms with Crippen LogP contribution >= 0.6 is 11.8 Å². The van der Waals surface area contributed by atoms with Crippen LogP contribution in [0.25, 0.3) is 0 Å². The van der Waals surface area contributed by atoms with Gasteiger partial charge in [0.2, 0.25) is 0 Å². The molecule has 0 aromatic heterocycles. The van der Waals surface area contributed by atoms with Gasteiger partial charge in [0.15, 0.2) is 5.78 Å². The number of thioether (sulfide) groups is 1. The van der Waals surface area contributed by atoms with Crippen molar-refractivity contribution in [1.29, 1.82) is 0 Å². The summed E-state index contributed by atoms with van der Waals surface area (Å²) in [5.41, 5.74) is 2.74. The predicted octanol–water partition coefficient (Wildman–Crippen LogP) is 6.36. The molecular formula is C29H40O7S. The first-order valence-corrected chi connectivity index (χ1v) is 14.0. The number of rotatable bonds is 17. The highest BCUT2D eigenvalue weighted by molar-refractivity contribution is 7.99. The van der Waals surface area contributed by atoms with Gasteiger partial charge >= 0.3 is 5.97 Å². The molecule has 3 N–H and O–H groups in total. The van der Waals surface area contributed by atoms with Crippen molar-refractivity contribution in [2.24, 2.45) is 0 Å². The van der Waals surface area contributed by atoms with Gasteiger partial charge in [0.25, 0.3) is 0 Å². The summed E-state index contributed by atoms with van der Waals surface area (Å²) in [6.45, 7) is 7.98. The third kappa shape index (κ3) is 8.97. The van der Waals surface area contributed by atoms with E-state index in [1.807, 2.05) is 19.1 Å². The van der Waals surface area contributed by atoms with Crippen molar-refractivity contribution < 1.29 is 34.4 Å². The first kappa shape index (κ1) is 30.5. The average Bonchev–Trinajstić information content (AvgIpc) is 2.84. The Morgan fingerprint density at radius 2 is 1.65 bits per heavy atom. The number of phenolic OH excluding ortho intramolecular Hbond substituents is 1. The number of phenols is 1. The summed E-state index contributed by atoms with van der Waals surface area (Å²) in [6.07, 6.45) is 3.60.